The Kier molecular flexibility index (Phi) is 10.8. The third kappa shape index (κ3) is 8.00. The lowest BCUT2D eigenvalue weighted by atomic mass is 9.95. The van der Waals surface area contributed by atoms with Crippen molar-refractivity contribution in [2.45, 2.75) is 26.5 Å². The molecule has 1 amide bonds. The summed E-state index contributed by atoms with van der Waals surface area (Å²) in [7, 11) is 0. The van der Waals surface area contributed by atoms with Crippen molar-refractivity contribution >= 4 is 58.6 Å². The number of hydrazone groups is 1. The molecule has 12 heteroatoms. The van der Waals surface area contributed by atoms with E-state index in [4.69, 9.17) is 49.6 Å². The number of nitrogens with one attached hydrogen (secondary N) is 3. The molecule has 3 aromatic carbocycles. The fraction of sp³-hybridized carbons (Fsp3) is 0.200. The predicted molar refractivity (Wildman–Crippen MR) is 166 cm³/mol. The molecule has 1 aliphatic rings. The largest absolute Gasteiger partial charge is 0.488 e. The number of hydrogen-bond donors (Lipinski definition) is 3. The van der Waals surface area contributed by atoms with Crippen LogP contribution in [0.1, 0.15) is 36.6 Å². The lowest BCUT2D eigenvalue weighted by molar-refractivity contribution is -0.139. The van der Waals surface area contributed by atoms with E-state index < -0.39 is 17.9 Å². The van der Waals surface area contributed by atoms with Crippen LogP contribution in [0, 0.1) is 0 Å². The summed E-state index contributed by atoms with van der Waals surface area (Å²) in [5, 5.41) is 11.5. The van der Waals surface area contributed by atoms with Crippen molar-refractivity contribution < 1.29 is 23.8 Å². The monoisotopic (exact) mass is 626 g/mol. The second kappa shape index (κ2) is 14.7. The Hall–Kier alpha value is -4.12. The highest BCUT2D eigenvalue weighted by molar-refractivity contribution is 7.80. The topological polar surface area (TPSA) is 110 Å². The van der Waals surface area contributed by atoms with Gasteiger partial charge in [0.2, 0.25) is 0 Å². The fourth-order valence-electron chi connectivity index (χ4n) is 4.12. The molecule has 0 saturated carbocycles. The van der Waals surface area contributed by atoms with Gasteiger partial charge in [-0.05, 0) is 56.4 Å². The molecule has 0 aromatic heterocycles. The number of hydrogen-bond acceptors (Lipinski definition) is 7. The average Bonchev–Trinajstić information content (AvgIpc) is 2.96. The molecule has 0 aliphatic carbocycles. The minimum Gasteiger partial charge on any atom is -0.488 e. The quantitative estimate of drug-likeness (QED) is 0.111. The van der Waals surface area contributed by atoms with E-state index in [1.165, 1.54) is 6.21 Å². The number of thiocarbonyl (C=S) groups is 1. The molecule has 1 atom stereocenters. The second-order valence-corrected chi connectivity index (χ2v) is 10.2. The maximum absolute atomic E-state index is 12.7. The molecule has 0 saturated heterocycles. The molecule has 42 heavy (non-hydrogen) atoms. The second-order valence-electron chi connectivity index (χ2n) is 8.97. The molecule has 0 bridgehead atoms. The van der Waals surface area contributed by atoms with E-state index in [0.717, 1.165) is 5.56 Å². The molecule has 4 rings (SSSR count). The van der Waals surface area contributed by atoms with Crippen LogP contribution in [0.5, 0.6) is 11.5 Å². The average molecular weight is 628 g/mol. The highest BCUT2D eigenvalue weighted by Crippen LogP contribution is 2.33. The van der Waals surface area contributed by atoms with Crippen LogP contribution in [0.4, 0.5) is 0 Å². The third-order valence-electron chi connectivity index (χ3n) is 6.06. The molecule has 3 N–H and O–H groups in total. The van der Waals surface area contributed by atoms with Gasteiger partial charge in [0.15, 0.2) is 11.7 Å². The van der Waals surface area contributed by atoms with Crippen molar-refractivity contribution in [3.63, 3.8) is 0 Å². The predicted octanol–water partition coefficient (Wildman–Crippen LogP) is 5.46. The van der Waals surface area contributed by atoms with Gasteiger partial charge in [-0.15, -0.1) is 0 Å². The van der Waals surface area contributed by atoms with Gasteiger partial charge in [0.05, 0.1) is 24.4 Å². The zero-order chi connectivity index (χ0) is 30.1. The van der Waals surface area contributed by atoms with Gasteiger partial charge >= 0.3 is 5.97 Å². The number of allylic oxidation sites excluding steroid dienone is 1. The Morgan fingerprint density at radius 1 is 1.05 bits per heavy atom. The number of halogens is 2. The van der Waals surface area contributed by atoms with Gasteiger partial charge in [0, 0.05) is 32.4 Å². The number of carbonyl (C=O) groups excluding carboxylic acids is 2. The summed E-state index contributed by atoms with van der Waals surface area (Å²) in [6.07, 6.45) is 1.48. The third-order valence-corrected chi connectivity index (χ3v) is 6.87. The van der Waals surface area contributed by atoms with E-state index in [0.29, 0.717) is 49.1 Å². The summed E-state index contributed by atoms with van der Waals surface area (Å²) in [6.45, 7) is 3.60. The summed E-state index contributed by atoms with van der Waals surface area (Å²) in [6, 6.07) is 18.9. The Labute approximate surface area is 258 Å². The number of nitrogens with zero attached hydrogens (tertiary/aromatic N) is 1. The molecule has 0 fully saturated rings. The first-order valence-electron chi connectivity index (χ1n) is 12.9. The zero-order valence-corrected chi connectivity index (χ0v) is 25.1. The van der Waals surface area contributed by atoms with Crippen LogP contribution in [-0.2, 0) is 20.9 Å². The fourth-order valence-corrected chi connectivity index (χ4v) is 4.85. The molecule has 3 aromatic rings. The number of carbonyl (C=O) groups is 2. The van der Waals surface area contributed by atoms with Crippen molar-refractivity contribution in [1.29, 1.82) is 0 Å². The normalized spacial score (nSPS) is 14.7. The van der Waals surface area contributed by atoms with Crippen molar-refractivity contribution in [2.24, 2.45) is 5.10 Å². The molecular weight excluding hydrogens is 599 g/mol. The Bertz CT molecular complexity index is 1550. The Balaban J connectivity index is 1.39. The standard InChI is InChI=1S/C30H28Cl2N4O5S/c1-3-39-29(38)27-18(2)34-30(42)35-28(27)22-9-5-7-11-25(22)41-17-26(37)36-33-15-19-8-4-6-10-24(19)40-16-20-12-13-21(31)14-23(20)32/h4-15,28H,3,16-17H2,1-2H3,(H,36,37)(H2,34,35,42)/t28-/m1/s1. The van der Waals surface area contributed by atoms with E-state index in [9.17, 15) is 9.59 Å². The van der Waals surface area contributed by atoms with Crippen molar-refractivity contribution in [2.75, 3.05) is 13.2 Å². The molecule has 0 radical (unpaired) electrons. The van der Waals surface area contributed by atoms with Crippen molar-refractivity contribution in [1.82, 2.24) is 16.1 Å². The van der Waals surface area contributed by atoms with Gasteiger partial charge in [-0.25, -0.2) is 10.2 Å². The Morgan fingerprint density at radius 3 is 2.55 bits per heavy atom. The van der Waals surface area contributed by atoms with Crippen molar-refractivity contribution in [3.05, 3.63) is 105 Å². The summed E-state index contributed by atoms with van der Waals surface area (Å²) in [4.78, 5) is 25.3. The SMILES string of the molecule is CCOC(=O)C1=C(C)NC(=S)N[C@@H]1c1ccccc1OCC(=O)NN=Cc1ccccc1OCc1ccc(Cl)cc1Cl. The van der Waals surface area contributed by atoms with Gasteiger partial charge in [-0.1, -0.05) is 59.6 Å². The number of amides is 1. The van der Waals surface area contributed by atoms with Crippen LogP contribution in [-0.4, -0.2) is 36.4 Å². The van der Waals surface area contributed by atoms with Crippen LogP contribution >= 0.6 is 35.4 Å². The molecule has 0 spiro atoms. The van der Waals surface area contributed by atoms with E-state index in [1.807, 2.05) is 12.1 Å². The Morgan fingerprint density at radius 2 is 1.79 bits per heavy atom. The van der Waals surface area contributed by atoms with E-state index in [2.05, 4.69) is 21.2 Å². The zero-order valence-electron chi connectivity index (χ0n) is 22.8. The molecule has 1 aliphatic heterocycles. The molecule has 1 heterocycles. The van der Waals surface area contributed by atoms with Crippen LogP contribution in [0.15, 0.2) is 83.1 Å². The number of benzene rings is 3. The van der Waals surface area contributed by atoms with E-state index in [-0.39, 0.29) is 19.8 Å². The maximum atomic E-state index is 12.7. The smallest absolute Gasteiger partial charge is 0.338 e. The number of ether oxygens (including phenoxy) is 3. The van der Waals surface area contributed by atoms with Gasteiger partial charge in [-0.3, -0.25) is 4.79 Å². The molecule has 9 nitrogen and oxygen atoms in total. The summed E-state index contributed by atoms with van der Waals surface area (Å²) in [5.74, 6) is -0.0173. The van der Waals surface area contributed by atoms with Crippen LogP contribution in [0.25, 0.3) is 0 Å². The van der Waals surface area contributed by atoms with Gasteiger partial charge in [0.1, 0.15) is 18.1 Å². The minimum atomic E-state index is -0.630. The number of rotatable bonds is 11. The molecular formula is C30H28Cl2N4O5S. The lowest BCUT2D eigenvalue weighted by Crippen LogP contribution is -2.45. The van der Waals surface area contributed by atoms with Gasteiger partial charge in [-0.2, -0.15) is 5.10 Å². The number of esters is 1. The van der Waals surface area contributed by atoms with Crippen molar-refractivity contribution in [3.8, 4) is 11.5 Å². The molecule has 0 unspecified atom stereocenters. The van der Waals surface area contributed by atoms with Crippen LogP contribution < -0.4 is 25.5 Å². The van der Waals surface area contributed by atoms with Crippen LogP contribution in [0.2, 0.25) is 10.0 Å². The minimum absolute atomic E-state index is 0.221. The maximum Gasteiger partial charge on any atom is 0.338 e. The summed E-state index contributed by atoms with van der Waals surface area (Å²) < 4.78 is 17.0. The van der Waals surface area contributed by atoms with E-state index in [1.54, 1.807) is 68.4 Å². The first-order valence-corrected chi connectivity index (χ1v) is 14.1. The first-order chi connectivity index (χ1) is 20.3. The highest BCUT2D eigenvalue weighted by atomic mass is 35.5. The highest BCUT2D eigenvalue weighted by Gasteiger charge is 2.32. The number of para-hydroxylation sites is 2. The lowest BCUT2D eigenvalue weighted by Gasteiger charge is -2.30. The van der Waals surface area contributed by atoms with Gasteiger partial charge in [0.25, 0.3) is 5.91 Å². The summed E-state index contributed by atoms with van der Waals surface area (Å²) in [5.41, 5.74) is 5.45. The van der Waals surface area contributed by atoms with E-state index >= 15 is 0 Å². The first kappa shape index (κ1) is 30.8. The molecule has 218 valence electrons. The van der Waals surface area contributed by atoms with Crippen LogP contribution in [0.3, 0.4) is 0 Å². The summed E-state index contributed by atoms with van der Waals surface area (Å²) >= 11 is 17.5. The van der Waals surface area contributed by atoms with Gasteiger partial charge < -0.3 is 24.8 Å².